The molecule has 0 spiro atoms. The number of H-pyrrole nitrogens is 1. The van der Waals surface area contributed by atoms with Gasteiger partial charge in [0.1, 0.15) is 17.2 Å². The minimum atomic E-state index is -0.659. The number of hydrogen-bond donors (Lipinski definition) is 3. The number of nitrogens with zero attached hydrogens (tertiary/aromatic N) is 3. The van der Waals surface area contributed by atoms with Gasteiger partial charge in [-0.3, -0.25) is 19.5 Å². The van der Waals surface area contributed by atoms with Crippen LogP contribution in [0.1, 0.15) is 75.9 Å². The van der Waals surface area contributed by atoms with Gasteiger partial charge in [0.25, 0.3) is 11.8 Å². The summed E-state index contributed by atoms with van der Waals surface area (Å²) in [5.74, 6) is 0.225. The molecule has 0 aliphatic heterocycles. The van der Waals surface area contributed by atoms with Crippen LogP contribution in [0.15, 0.2) is 93.9 Å². The van der Waals surface area contributed by atoms with Gasteiger partial charge in [0.15, 0.2) is 18.1 Å². The molecule has 5 aromatic rings. The molecule has 3 N–H and O–H groups in total. The van der Waals surface area contributed by atoms with Crippen LogP contribution >= 0.6 is 45.8 Å². The first-order valence-electron chi connectivity index (χ1n) is 17.6. The molecule has 0 aliphatic rings. The first kappa shape index (κ1) is 41.5. The zero-order valence-corrected chi connectivity index (χ0v) is 35.3. The number of aromatic nitrogens is 2. The Labute approximate surface area is 344 Å². The number of carbonyl (C=O) groups is 2. The molecule has 14 heteroatoms. The van der Waals surface area contributed by atoms with Gasteiger partial charge in [-0.2, -0.15) is 5.11 Å². The summed E-state index contributed by atoms with van der Waals surface area (Å²) in [4.78, 5) is 40.6. The fourth-order valence-corrected chi connectivity index (χ4v) is 7.18. The number of methoxy groups -OCH3 is 1. The van der Waals surface area contributed by atoms with E-state index in [0.29, 0.717) is 22.9 Å². The lowest BCUT2D eigenvalue weighted by molar-refractivity contribution is -0.118. The predicted molar refractivity (Wildman–Crippen MR) is 228 cm³/mol. The Morgan fingerprint density at radius 2 is 1.55 bits per heavy atom. The molecule has 0 saturated heterocycles. The number of azo groups is 1. The van der Waals surface area contributed by atoms with Crippen LogP contribution in [0.5, 0.6) is 11.5 Å². The quantitative estimate of drug-likeness (QED) is 0.0752. The fourth-order valence-electron chi connectivity index (χ4n) is 5.54. The highest BCUT2D eigenvalue weighted by atomic mass is 127. The molecule has 0 saturated carbocycles. The molecule has 11 nitrogen and oxygen atoms in total. The molecular formula is C41H43Cl2IN6O5. The number of rotatable bonds is 14. The van der Waals surface area contributed by atoms with Crippen LogP contribution in [-0.4, -0.2) is 35.3 Å². The second-order valence-corrected chi connectivity index (χ2v) is 16.2. The fraction of sp³-hybridized carbons (Fsp3) is 0.293. The van der Waals surface area contributed by atoms with Gasteiger partial charge >= 0.3 is 5.56 Å². The highest BCUT2D eigenvalue weighted by molar-refractivity contribution is 14.1. The number of aromatic amines is 1. The Kier molecular flexibility index (Phi) is 13.1. The number of ether oxygens (including phenoxy) is 2. The van der Waals surface area contributed by atoms with Crippen LogP contribution in [0.2, 0.25) is 10.0 Å². The number of amides is 2. The lowest BCUT2D eigenvalue weighted by atomic mass is 9.76. The summed E-state index contributed by atoms with van der Waals surface area (Å²) in [6.45, 7) is 12.8. The van der Waals surface area contributed by atoms with Gasteiger partial charge in [-0.15, -0.1) is 5.11 Å². The monoisotopic (exact) mass is 896 g/mol. The maximum Gasteiger partial charge on any atom is 0.301 e. The highest BCUT2D eigenvalue weighted by Gasteiger charge is 2.27. The van der Waals surface area contributed by atoms with Gasteiger partial charge in [0, 0.05) is 20.4 Å². The summed E-state index contributed by atoms with van der Waals surface area (Å²) in [7, 11) is 1.55. The van der Waals surface area contributed by atoms with Crippen molar-refractivity contribution >= 4 is 80.5 Å². The van der Waals surface area contributed by atoms with Crippen LogP contribution < -0.4 is 25.7 Å². The molecule has 0 bridgehead atoms. The van der Waals surface area contributed by atoms with E-state index in [1.807, 2.05) is 6.07 Å². The minimum Gasteiger partial charge on any atom is -0.497 e. The Balaban J connectivity index is 1.37. The number of nitrogens with one attached hydrogen (secondary N) is 3. The summed E-state index contributed by atoms with van der Waals surface area (Å²) in [5.41, 5.74) is 2.40. The summed E-state index contributed by atoms with van der Waals surface area (Å²) >= 11 is 15.1. The largest absolute Gasteiger partial charge is 0.497 e. The lowest BCUT2D eigenvalue weighted by Gasteiger charge is -2.30. The van der Waals surface area contributed by atoms with Crippen molar-refractivity contribution in [2.24, 2.45) is 10.2 Å². The summed E-state index contributed by atoms with van der Waals surface area (Å²) in [5, 5.41) is 17.2. The highest BCUT2D eigenvalue weighted by Crippen LogP contribution is 2.39. The van der Waals surface area contributed by atoms with Crippen LogP contribution in [0.3, 0.4) is 0 Å². The second kappa shape index (κ2) is 17.4. The number of anilines is 2. The first-order valence-corrected chi connectivity index (χ1v) is 19.4. The minimum absolute atomic E-state index is 0.00370. The van der Waals surface area contributed by atoms with Crippen molar-refractivity contribution in [2.45, 2.75) is 65.2 Å². The summed E-state index contributed by atoms with van der Waals surface area (Å²) in [6, 6.07) is 22.6. The molecule has 0 atom stereocenters. The van der Waals surface area contributed by atoms with E-state index in [9.17, 15) is 14.4 Å². The van der Waals surface area contributed by atoms with E-state index in [1.54, 1.807) is 61.7 Å². The van der Waals surface area contributed by atoms with Crippen LogP contribution in [0, 0.1) is 3.57 Å². The third kappa shape index (κ3) is 9.78. The first-order chi connectivity index (χ1) is 26.1. The molecule has 0 unspecified atom stereocenters. The Morgan fingerprint density at radius 1 is 0.873 bits per heavy atom. The van der Waals surface area contributed by atoms with Crippen LogP contribution in [0.4, 0.5) is 22.9 Å². The van der Waals surface area contributed by atoms with Crippen LogP contribution in [-0.2, 0) is 15.6 Å². The van der Waals surface area contributed by atoms with Crippen molar-refractivity contribution in [1.82, 2.24) is 9.78 Å². The number of carbonyl (C=O) groups excluding carboxylic acids is 2. The third-order valence-corrected chi connectivity index (χ3v) is 10.9. The molecule has 288 valence electrons. The standard InChI is InChI=1S/C41H43Cl2IN6O5/c1-8-40(3,4)25-13-18-33(30(20-25)41(5,6)9-2)55-23-34(51)45-28-12-10-11-24(19-28)38(52)46-37-35(48-47-27-14-16-29(54-7)17-15-27)39(53)50(49-37)36-31(42)21-26(44)22-32(36)43/h10-22,49H,8-9,23H2,1-7H3,(H,45,51)(H,46,52). The van der Waals surface area contributed by atoms with Crippen molar-refractivity contribution in [3.05, 3.63) is 120 Å². The van der Waals surface area contributed by atoms with E-state index in [4.69, 9.17) is 32.7 Å². The molecule has 0 aliphatic carbocycles. The normalized spacial score (nSPS) is 11.8. The zero-order valence-electron chi connectivity index (χ0n) is 31.6. The maximum absolute atomic E-state index is 13.8. The van der Waals surface area contributed by atoms with E-state index in [-0.39, 0.29) is 50.2 Å². The van der Waals surface area contributed by atoms with Crippen molar-refractivity contribution in [3.8, 4) is 17.2 Å². The maximum atomic E-state index is 13.8. The van der Waals surface area contributed by atoms with E-state index < -0.39 is 17.4 Å². The van der Waals surface area contributed by atoms with E-state index in [0.717, 1.165) is 26.7 Å². The van der Waals surface area contributed by atoms with Crippen molar-refractivity contribution < 1.29 is 19.1 Å². The van der Waals surface area contributed by atoms with Gasteiger partial charge < -0.3 is 20.1 Å². The third-order valence-electron chi connectivity index (χ3n) is 9.67. The van der Waals surface area contributed by atoms with Gasteiger partial charge in [-0.1, -0.05) is 82.9 Å². The predicted octanol–water partition coefficient (Wildman–Crippen LogP) is 11.1. The van der Waals surface area contributed by atoms with Crippen molar-refractivity contribution in [2.75, 3.05) is 24.4 Å². The molecule has 2 amide bonds. The number of benzene rings is 4. The average molecular weight is 898 g/mol. The number of hydrogen-bond acceptors (Lipinski definition) is 7. The Bertz CT molecular complexity index is 2280. The SMILES string of the molecule is CCC(C)(C)c1ccc(OCC(=O)Nc2cccc(C(=O)Nc3[nH]n(-c4c(Cl)cc(I)cc4Cl)c(=O)c3N=Nc3ccc(OC)cc3)c2)c(C(C)(C)CC)c1. The molecule has 4 aromatic carbocycles. The Hall–Kier alpha value is -4.66. The molecule has 0 fully saturated rings. The van der Waals surface area contributed by atoms with Gasteiger partial charge in [0.05, 0.1) is 22.8 Å². The average Bonchev–Trinajstić information content (AvgIpc) is 3.45. The van der Waals surface area contributed by atoms with Crippen molar-refractivity contribution in [1.29, 1.82) is 0 Å². The van der Waals surface area contributed by atoms with E-state index in [1.165, 1.54) is 11.6 Å². The Morgan fingerprint density at radius 3 is 2.18 bits per heavy atom. The second-order valence-electron chi connectivity index (χ2n) is 14.1. The van der Waals surface area contributed by atoms with E-state index in [2.05, 4.69) is 102 Å². The molecular weight excluding hydrogens is 854 g/mol. The molecule has 55 heavy (non-hydrogen) atoms. The topological polar surface area (TPSA) is 139 Å². The van der Waals surface area contributed by atoms with E-state index >= 15 is 0 Å². The van der Waals surface area contributed by atoms with Gasteiger partial charge in [0.2, 0.25) is 0 Å². The smallest absolute Gasteiger partial charge is 0.301 e. The zero-order chi connectivity index (χ0) is 40.1. The summed E-state index contributed by atoms with van der Waals surface area (Å²) in [6.07, 6.45) is 1.87. The molecule has 1 aromatic heterocycles. The summed E-state index contributed by atoms with van der Waals surface area (Å²) < 4.78 is 13.2. The lowest BCUT2D eigenvalue weighted by Crippen LogP contribution is -2.24. The van der Waals surface area contributed by atoms with Gasteiger partial charge in [-0.05, 0) is 112 Å². The number of halogens is 3. The van der Waals surface area contributed by atoms with Gasteiger partial charge in [-0.25, -0.2) is 4.68 Å². The molecule has 5 rings (SSSR count). The van der Waals surface area contributed by atoms with Crippen LogP contribution in [0.25, 0.3) is 5.69 Å². The molecule has 0 radical (unpaired) electrons. The molecule has 1 heterocycles. The van der Waals surface area contributed by atoms with Crippen molar-refractivity contribution in [3.63, 3.8) is 0 Å².